The summed E-state index contributed by atoms with van der Waals surface area (Å²) in [6, 6.07) is 15.2. The maximum Gasteiger partial charge on any atom is 0.0426 e. The second kappa shape index (κ2) is 7.10. The maximum atomic E-state index is 5.98. The van der Waals surface area contributed by atoms with E-state index in [1.54, 1.807) is 0 Å². The van der Waals surface area contributed by atoms with E-state index in [1.165, 1.54) is 22.4 Å². The molecule has 0 amide bonds. The maximum absolute atomic E-state index is 5.98. The Morgan fingerprint density at radius 1 is 1.19 bits per heavy atom. The summed E-state index contributed by atoms with van der Waals surface area (Å²) in [5.41, 5.74) is 11.1. The van der Waals surface area contributed by atoms with Crippen molar-refractivity contribution in [1.29, 1.82) is 0 Å². The zero-order valence-electron chi connectivity index (χ0n) is 12.9. The smallest absolute Gasteiger partial charge is 0.0426 e. The molecular weight excluding hydrogens is 324 g/mol. The van der Waals surface area contributed by atoms with Crippen molar-refractivity contribution in [1.82, 2.24) is 0 Å². The SMILES string of the molecule is Cc1cccc(CN(C)c2ccc(Br)cc2CC(C)N)c1. The third kappa shape index (κ3) is 4.58. The van der Waals surface area contributed by atoms with E-state index < -0.39 is 0 Å². The van der Waals surface area contributed by atoms with Crippen molar-refractivity contribution in [3.8, 4) is 0 Å². The van der Waals surface area contributed by atoms with Gasteiger partial charge in [-0.15, -0.1) is 0 Å². The molecular formula is C18H23BrN2. The van der Waals surface area contributed by atoms with Gasteiger partial charge in [0.2, 0.25) is 0 Å². The van der Waals surface area contributed by atoms with Gasteiger partial charge in [-0.25, -0.2) is 0 Å². The van der Waals surface area contributed by atoms with E-state index in [0.29, 0.717) is 0 Å². The lowest BCUT2D eigenvalue weighted by molar-refractivity contribution is 0.734. The molecule has 2 rings (SSSR count). The second-order valence-electron chi connectivity index (χ2n) is 5.80. The molecule has 0 aliphatic heterocycles. The minimum atomic E-state index is 0.158. The summed E-state index contributed by atoms with van der Waals surface area (Å²) < 4.78 is 1.10. The van der Waals surface area contributed by atoms with Crippen molar-refractivity contribution >= 4 is 21.6 Å². The first-order valence-corrected chi connectivity index (χ1v) is 8.05. The molecule has 0 saturated carbocycles. The first kappa shape index (κ1) is 16.1. The van der Waals surface area contributed by atoms with Gasteiger partial charge in [0, 0.05) is 29.8 Å². The lowest BCUT2D eigenvalue weighted by atomic mass is 10.0. The third-order valence-corrected chi connectivity index (χ3v) is 3.99. The largest absolute Gasteiger partial charge is 0.370 e. The first-order chi connectivity index (χ1) is 9.95. The molecule has 3 heteroatoms. The Morgan fingerprint density at radius 3 is 2.62 bits per heavy atom. The number of nitrogens with two attached hydrogens (primary N) is 1. The monoisotopic (exact) mass is 346 g/mol. The van der Waals surface area contributed by atoms with E-state index in [-0.39, 0.29) is 6.04 Å². The van der Waals surface area contributed by atoms with E-state index in [2.05, 4.69) is 77.3 Å². The summed E-state index contributed by atoms with van der Waals surface area (Å²) in [6.45, 7) is 5.07. The predicted molar refractivity (Wildman–Crippen MR) is 94.8 cm³/mol. The van der Waals surface area contributed by atoms with Gasteiger partial charge >= 0.3 is 0 Å². The molecule has 2 aromatic carbocycles. The molecule has 0 saturated heterocycles. The van der Waals surface area contributed by atoms with E-state index in [0.717, 1.165) is 17.4 Å². The number of rotatable bonds is 5. The van der Waals surface area contributed by atoms with Crippen LogP contribution in [-0.4, -0.2) is 13.1 Å². The molecule has 2 nitrogen and oxygen atoms in total. The number of aryl methyl sites for hydroxylation is 1. The normalized spacial score (nSPS) is 12.2. The fourth-order valence-electron chi connectivity index (χ4n) is 2.61. The van der Waals surface area contributed by atoms with Crippen LogP contribution in [0.5, 0.6) is 0 Å². The lowest BCUT2D eigenvalue weighted by Gasteiger charge is -2.24. The molecule has 1 unspecified atom stereocenters. The highest BCUT2D eigenvalue weighted by Gasteiger charge is 2.10. The minimum absolute atomic E-state index is 0.158. The first-order valence-electron chi connectivity index (χ1n) is 7.26. The van der Waals surface area contributed by atoms with Gasteiger partial charge in [-0.2, -0.15) is 0 Å². The molecule has 21 heavy (non-hydrogen) atoms. The molecule has 0 aliphatic rings. The quantitative estimate of drug-likeness (QED) is 0.875. The summed E-state index contributed by atoms with van der Waals surface area (Å²) in [7, 11) is 2.14. The van der Waals surface area contributed by atoms with E-state index in [9.17, 15) is 0 Å². The van der Waals surface area contributed by atoms with Crippen molar-refractivity contribution in [2.45, 2.75) is 32.9 Å². The Bertz CT molecular complexity index is 608. The van der Waals surface area contributed by atoms with Gasteiger partial charge < -0.3 is 10.6 Å². The van der Waals surface area contributed by atoms with Gasteiger partial charge in [-0.1, -0.05) is 45.8 Å². The van der Waals surface area contributed by atoms with Crippen LogP contribution < -0.4 is 10.6 Å². The van der Waals surface area contributed by atoms with Crippen molar-refractivity contribution in [2.24, 2.45) is 5.73 Å². The zero-order chi connectivity index (χ0) is 15.4. The fraction of sp³-hybridized carbons (Fsp3) is 0.333. The average molecular weight is 347 g/mol. The molecule has 0 spiro atoms. The molecule has 0 heterocycles. The van der Waals surface area contributed by atoms with Gasteiger partial charge in [0.05, 0.1) is 0 Å². The van der Waals surface area contributed by atoms with Crippen LogP contribution in [0, 0.1) is 6.92 Å². The number of halogens is 1. The molecule has 0 bridgehead atoms. The van der Waals surface area contributed by atoms with Crippen molar-refractivity contribution in [3.63, 3.8) is 0 Å². The van der Waals surface area contributed by atoms with Crippen molar-refractivity contribution < 1.29 is 0 Å². The molecule has 112 valence electrons. The van der Waals surface area contributed by atoms with Crippen molar-refractivity contribution in [2.75, 3.05) is 11.9 Å². The van der Waals surface area contributed by atoms with Crippen molar-refractivity contribution in [3.05, 3.63) is 63.6 Å². The van der Waals surface area contributed by atoms with Gasteiger partial charge in [-0.3, -0.25) is 0 Å². The second-order valence-corrected chi connectivity index (χ2v) is 6.72. The number of nitrogens with zero attached hydrogens (tertiary/aromatic N) is 1. The van der Waals surface area contributed by atoms with Gasteiger partial charge in [0.1, 0.15) is 0 Å². The van der Waals surface area contributed by atoms with Crippen LogP contribution >= 0.6 is 15.9 Å². The molecule has 1 atom stereocenters. The summed E-state index contributed by atoms with van der Waals surface area (Å²) in [5, 5.41) is 0. The average Bonchev–Trinajstić information content (AvgIpc) is 2.37. The summed E-state index contributed by atoms with van der Waals surface area (Å²) in [5.74, 6) is 0. The van der Waals surface area contributed by atoms with Gasteiger partial charge in [-0.05, 0) is 49.6 Å². The highest BCUT2D eigenvalue weighted by atomic mass is 79.9. The van der Waals surface area contributed by atoms with Crippen LogP contribution in [0.1, 0.15) is 23.6 Å². The topological polar surface area (TPSA) is 29.3 Å². The Balaban J connectivity index is 2.23. The Hall–Kier alpha value is -1.32. The third-order valence-electron chi connectivity index (χ3n) is 3.50. The molecule has 2 N–H and O–H groups in total. The van der Waals surface area contributed by atoms with Crippen LogP contribution in [0.2, 0.25) is 0 Å². The molecule has 0 radical (unpaired) electrons. The van der Waals surface area contributed by atoms with Gasteiger partial charge in [0.15, 0.2) is 0 Å². The number of hydrogen-bond acceptors (Lipinski definition) is 2. The Labute approximate surface area is 136 Å². The highest BCUT2D eigenvalue weighted by Crippen LogP contribution is 2.26. The van der Waals surface area contributed by atoms with E-state index >= 15 is 0 Å². The molecule has 0 aliphatic carbocycles. The van der Waals surface area contributed by atoms with E-state index in [1.807, 2.05) is 6.92 Å². The molecule has 2 aromatic rings. The zero-order valence-corrected chi connectivity index (χ0v) is 14.5. The summed E-state index contributed by atoms with van der Waals surface area (Å²) in [6.07, 6.45) is 0.882. The van der Waals surface area contributed by atoms with Crippen LogP contribution in [0.4, 0.5) is 5.69 Å². The fourth-order valence-corrected chi connectivity index (χ4v) is 3.01. The van der Waals surface area contributed by atoms with E-state index in [4.69, 9.17) is 5.73 Å². The van der Waals surface area contributed by atoms with Gasteiger partial charge in [0.25, 0.3) is 0 Å². The predicted octanol–water partition coefficient (Wildman–Crippen LogP) is 4.28. The highest BCUT2D eigenvalue weighted by molar-refractivity contribution is 9.10. The van der Waals surface area contributed by atoms with Crippen LogP contribution in [-0.2, 0) is 13.0 Å². The number of hydrogen-bond donors (Lipinski definition) is 1. The lowest BCUT2D eigenvalue weighted by Crippen LogP contribution is -2.22. The molecule has 0 aromatic heterocycles. The van der Waals surface area contributed by atoms with Crippen LogP contribution in [0.15, 0.2) is 46.9 Å². The van der Waals surface area contributed by atoms with Crippen LogP contribution in [0.25, 0.3) is 0 Å². The standard InChI is InChI=1S/C18H23BrN2/c1-13-5-4-6-15(9-13)12-21(3)18-8-7-17(19)11-16(18)10-14(2)20/h4-9,11,14H,10,12,20H2,1-3H3. The minimum Gasteiger partial charge on any atom is -0.370 e. The molecule has 0 fully saturated rings. The number of benzene rings is 2. The summed E-state index contributed by atoms with van der Waals surface area (Å²) in [4.78, 5) is 2.29. The number of anilines is 1. The van der Waals surface area contributed by atoms with Crippen LogP contribution in [0.3, 0.4) is 0 Å². The Kier molecular flexibility index (Phi) is 5.43. The Morgan fingerprint density at radius 2 is 1.95 bits per heavy atom. The summed E-state index contributed by atoms with van der Waals surface area (Å²) >= 11 is 3.55.